The van der Waals surface area contributed by atoms with Gasteiger partial charge in [-0.15, -0.1) is 0 Å². The highest BCUT2D eigenvalue weighted by Crippen LogP contribution is 2.11. The second-order valence-electron chi connectivity index (χ2n) is 4.79. The van der Waals surface area contributed by atoms with Crippen LogP contribution in [0.2, 0.25) is 0 Å². The molecule has 1 saturated heterocycles. The van der Waals surface area contributed by atoms with Crippen molar-refractivity contribution in [1.82, 2.24) is 14.9 Å². The Morgan fingerprint density at radius 1 is 1.42 bits per heavy atom. The third-order valence-electron chi connectivity index (χ3n) is 3.36. The lowest BCUT2D eigenvalue weighted by Crippen LogP contribution is -2.31. The number of aromatic nitrogens is 2. The van der Waals surface area contributed by atoms with Crippen LogP contribution in [0.4, 0.5) is 0 Å². The van der Waals surface area contributed by atoms with Gasteiger partial charge in [-0.1, -0.05) is 0 Å². The van der Waals surface area contributed by atoms with Crippen LogP contribution in [0.1, 0.15) is 24.1 Å². The maximum atomic E-state index is 11.9. The number of aliphatic hydroxyl groups is 1. The third kappa shape index (κ3) is 3.11. The highest BCUT2D eigenvalue weighted by molar-refractivity contribution is 5.76. The van der Waals surface area contributed by atoms with Crippen LogP contribution in [0.25, 0.3) is 0 Å². The summed E-state index contributed by atoms with van der Waals surface area (Å²) in [7, 11) is 0. The molecule has 0 aromatic carbocycles. The topological polar surface area (TPSA) is 106 Å². The average molecular weight is 267 g/mol. The van der Waals surface area contributed by atoms with E-state index in [1.165, 1.54) is 0 Å². The first-order valence-corrected chi connectivity index (χ1v) is 6.25. The molecular formula is C12H17N3O4. The Morgan fingerprint density at radius 2 is 2.16 bits per heavy atom. The van der Waals surface area contributed by atoms with E-state index in [9.17, 15) is 19.5 Å². The Labute approximate surface area is 109 Å². The Hall–Kier alpha value is -1.89. The quantitative estimate of drug-likeness (QED) is 0.646. The largest absolute Gasteiger partial charge is 0.391 e. The van der Waals surface area contributed by atoms with E-state index in [1.54, 1.807) is 11.8 Å². The molecule has 3 N–H and O–H groups in total. The van der Waals surface area contributed by atoms with Crippen LogP contribution in [0.3, 0.4) is 0 Å². The van der Waals surface area contributed by atoms with Gasteiger partial charge >= 0.3 is 5.69 Å². The molecule has 19 heavy (non-hydrogen) atoms. The van der Waals surface area contributed by atoms with Crippen LogP contribution in [0, 0.1) is 6.92 Å². The molecule has 0 aliphatic carbocycles. The zero-order valence-corrected chi connectivity index (χ0v) is 10.7. The summed E-state index contributed by atoms with van der Waals surface area (Å²) in [4.78, 5) is 40.8. The number of H-pyrrole nitrogens is 2. The highest BCUT2D eigenvalue weighted by atomic mass is 16.3. The Kier molecular flexibility index (Phi) is 3.84. The molecule has 1 atom stereocenters. The zero-order valence-electron chi connectivity index (χ0n) is 10.7. The van der Waals surface area contributed by atoms with E-state index in [0.29, 0.717) is 30.8 Å². The predicted molar refractivity (Wildman–Crippen MR) is 67.9 cm³/mol. The number of aliphatic hydroxyl groups excluding tert-OH is 1. The number of carbonyl (C=O) groups is 1. The minimum Gasteiger partial charge on any atom is -0.391 e. The third-order valence-corrected chi connectivity index (χ3v) is 3.36. The van der Waals surface area contributed by atoms with Crippen molar-refractivity contribution < 1.29 is 9.90 Å². The van der Waals surface area contributed by atoms with Gasteiger partial charge in [0.05, 0.1) is 6.10 Å². The fourth-order valence-corrected chi connectivity index (χ4v) is 2.29. The lowest BCUT2D eigenvalue weighted by atomic mass is 10.1. The van der Waals surface area contributed by atoms with Gasteiger partial charge < -0.3 is 15.0 Å². The molecule has 2 heterocycles. The number of likely N-dealkylation sites (tertiary alicyclic amines) is 1. The smallest absolute Gasteiger partial charge is 0.325 e. The zero-order chi connectivity index (χ0) is 14.0. The molecule has 104 valence electrons. The summed E-state index contributed by atoms with van der Waals surface area (Å²) in [5.41, 5.74) is -0.0774. The highest BCUT2D eigenvalue weighted by Gasteiger charge is 2.24. The van der Waals surface area contributed by atoms with E-state index in [2.05, 4.69) is 9.97 Å². The number of hydrogen-bond acceptors (Lipinski definition) is 4. The maximum absolute atomic E-state index is 11.9. The van der Waals surface area contributed by atoms with E-state index < -0.39 is 17.4 Å². The first-order valence-electron chi connectivity index (χ1n) is 6.25. The van der Waals surface area contributed by atoms with Gasteiger partial charge in [-0.2, -0.15) is 0 Å². The van der Waals surface area contributed by atoms with Crippen LogP contribution in [0.15, 0.2) is 9.59 Å². The lowest BCUT2D eigenvalue weighted by molar-refractivity contribution is -0.130. The number of nitrogens with zero attached hydrogens (tertiary/aromatic N) is 1. The second-order valence-corrected chi connectivity index (χ2v) is 4.79. The molecule has 2 rings (SSSR count). The summed E-state index contributed by atoms with van der Waals surface area (Å²) in [6.07, 6.45) is 0.637. The average Bonchev–Trinajstić information content (AvgIpc) is 2.74. The number of amides is 1. The first-order chi connectivity index (χ1) is 8.97. The van der Waals surface area contributed by atoms with Crippen molar-refractivity contribution in [3.05, 3.63) is 32.1 Å². The Balaban J connectivity index is 2.01. The summed E-state index contributed by atoms with van der Waals surface area (Å²) < 4.78 is 0. The van der Waals surface area contributed by atoms with Gasteiger partial charge in [0, 0.05) is 30.8 Å². The monoisotopic (exact) mass is 267 g/mol. The lowest BCUT2D eigenvalue weighted by Gasteiger charge is -2.15. The van der Waals surface area contributed by atoms with Crippen LogP contribution in [-0.4, -0.2) is 45.1 Å². The molecule has 1 aliphatic rings. The predicted octanol–water partition coefficient (Wildman–Crippen LogP) is -1.10. The van der Waals surface area contributed by atoms with E-state index in [1.807, 2.05) is 0 Å². The van der Waals surface area contributed by atoms with E-state index in [4.69, 9.17) is 0 Å². The number of aromatic amines is 2. The fourth-order valence-electron chi connectivity index (χ4n) is 2.29. The summed E-state index contributed by atoms with van der Waals surface area (Å²) >= 11 is 0. The van der Waals surface area contributed by atoms with Crippen molar-refractivity contribution in [2.24, 2.45) is 0 Å². The molecule has 7 nitrogen and oxygen atoms in total. The Bertz CT molecular complexity index is 589. The molecule has 0 saturated carbocycles. The number of rotatable bonds is 3. The van der Waals surface area contributed by atoms with Crippen LogP contribution in [-0.2, 0) is 11.2 Å². The summed E-state index contributed by atoms with van der Waals surface area (Å²) in [5.74, 6) is -0.0819. The molecule has 0 radical (unpaired) electrons. The van der Waals surface area contributed by atoms with Crippen molar-refractivity contribution in [3.8, 4) is 0 Å². The van der Waals surface area contributed by atoms with Gasteiger partial charge in [-0.05, 0) is 19.8 Å². The molecule has 1 aliphatic heterocycles. The Morgan fingerprint density at radius 3 is 2.74 bits per heavy atom. The van der Waals surface area contributed by atoms with Crippen LogP contribution in [0.5, 0.6) is 0 Å². The summed E-state index contributed by atoms with van der Waals surface area (Å²) in [6, 6.07) is 0. The van der Waals surface area contributed by atoms with E-state index in [0.717, 1.165) is 0 Å². The number of aryl methyl sites for hydroxylation is 1. The van der Waals surface area contributed by atoms with Crippen molar-refractivity contribution in [1.29, 1.82) is 0 Å². The number of carbonyl (C=O) groups excluding carboxylic acids is 1. The van der Waals surface area contributed by atoms with Gasteiger partial charge in [0.1, 0.15) is 0 Å². The molecule has 1 unspecified atom stereocenters. The van der Waals surface area contributed by atoms with Crippen molar-refractivity contribution in [2.45, 2.75) is 32.3 Å². The summed E-state index contributed by atoms with van der Waals surface area (Å²) in [6.45, 7) is 2.55. The molecule has 1 aromatic rings. The van der Waals surface area contributed by atoms with Crippen molar-refractivity contribution >= 4 is 5.91 Å². The molecule has 7 heteroatoms. The van der Waals surface area contributed by atoms with Crippen molar-refractivity contribution in [2.75, 3.05) is 13.1 Å². The van der Waals surface area contributed by atoms with Gasteiger partial charge in [0.25, 0.3) is 5.56 Å². The normalized spacial score (nSPS) is 18.8. The molecule has 0 bridgehead atoms. The van der Waals surface area contributed by atoms with Gasteiger partial charge in [-0.25, -0.2) is 4.79 Å². The molecule has 1 aromatic heterocycles. The number of nitrogens with one attached hydrogen (secondary N) is 2. The fraction of sp³-hybridized carbons (Fsp3) is 0.583. The molecule has 0 spiro atoms. The van der Waals surface area contributed by atoms with Gasteiger partial charge in [0.15, 0.2) is 0 Å². The summed E-state index contributed by atoms with van der Waals surface area (Å²) in [5, 5.41) is 9.36. The minimum atomic E-state index is -0.541. The second kappa shape index (κ2) is 5.40. The van der Waals surface area contributed by atoms with E-state index in [-0.39, 0.29) is 18.7 Å². The SMILES string of the molecule is Cc1[nH]c(=O)[nH]c(=O)c1CCC(=O)N1CCC(O)C1. The van der Waals surface area contributed by atoms with Crippen molar-refractivity contribution in [3.63, 3.8) is 0 Å². The molecular weight excluding hydrogens is 250 g/mol. The van der Waals surface area contributed by atoms with E-state index >= 15 is 0 Å². The maximum Gasteiger partial charge on any atom is 0.325 e. The number of hydrogen-bond donors (Lipinski definition) is 3. The first kappa shape index (κ1) is 13.5. The van der Waals surface area contributed by atoms with Crippen LogP contribution < -0.4 is 11.2 Å². The van der Waals surface area contributed by atoms with Gasteiger partial charge in [0.2, 0.25) is 5.91 Å². The standard InChI is InChI=1S/C12H17N3O4/c1-7-9(11(18)14-12(19)13-7)2-3-10(17)15-5-4-8(16)6-15/h8,16H,2-6H2,1H3,(H2,13,14,18,19). The molecule has 1 amide bonds. The van der Waals surface area contributed by atoms with Crippen LogP contribution >= 0.6 is 0 Å². The number of β-amino-alcohol motifs (C(OH)–C–C–N with tert-alkyl or cyclic N) is 1. The van der Waals surface area contributed by atoms with Gasteiger partial charge in [-0.3, -0.25) is 14.6 Å². The minimum absolute atomic E-state index is 0.0819. The molecule has 1 fully saturated rings.